The Kier molecular flexibility index (Phi) is 4.38. The van der Waals surface area contributed by atoms with Crippen molar-refractivity contribution in [3.8, 4) is 6.07 Å². The van der Waals surface area contributed by atoms with E-state index in [1.54, 1.807) is 0 Å². The fraction of sp³-hybridized carbons (Fsp3) is 0.750. The highest BCUT2D eigenvalue weighted by Gasteiger charge is 2.11. The maximum Gasteiger partial charge on any atom is 0.0621 e. The van der Waals surface area contributed by atoms with Crippen molar-refractivity contribution in [2.24, 2.45) is 0 Å². The summed E-state index contributed by atoms with van der Waals surface area (Å²) in [5.41, 5.74) is 0. The van der Waals surface area contributed by atoms with Crippen molar-refractivity contribution in [3.63, 3.8) is 0 Å². The third-order valence-corrected chi connectivity index (χ3v) is 2.73. The third kappa shape index (κ3) is 7.71. The summed E-state index contributed by atoms with van der Waals surface area (Å²) in [6, 6.07) is 3.38. The molecule has 0 heterocycles. The molecular weight excluding hydrogens is 138 g/mol. The molecule has 0 rings (SSSR count). The van der Waals surface area contributed by atoms with E-state index >= 15 is 0 Å². The quantitative estimate of drug-likeness (QED) is 0.451. The summed E-state index contributed by atoms with van der Waals surface area (Å²) in [7, 11) is -0.872. The van der Waals surface area contributed by atoms with Gasteiger partial charge < -0.3 is 0 Å². The van der Waals surface area contributed by atoms with Crippen molar-refractivity contribution in [1.29, 1.82) is 5.26 Å². The molecule has 1 radical (unpaired) electrons. The average molecular weight is 154 g/mol. The van der Waals surface area contributed by atoms with Crippen LogP contribution in [0, 0.1) is 17.8 Å². The molecule has 0 aromatic carbocycles. The minimum absolute atomic E-state index is 0.685. The normalized spacial score (nSPS) is 11.0. The number of unbranched alkanes of at least 4 members (excludes halogenated alkanes) is 2. The fourth-order valence-corrected chi connectivity index (χ4v) is 1.77. The van der Waals surface area contributed by atoms with Gasteiger partial charge in [0.15, 0.2) is 0 Å². The van der Waals surface area contributed by atoms with Crippen LogP contribution in [0.5, 0.6) is 0 Å². The van der Waals surface area contributed by atoms with Crippen molar-refractivity contribution in [3.05, 3.63) is 6.42 Å². The number of nitrogens with zero attached hydrogens (tertiary/aromatic N) is 1. The highest BCUT2D eigenvalue weighted by atomic mass is 28.3. The van der Waals surface area contributed by atoms with Crippen LogP contribution in [0.15, 0.2) is 0 Å². The van der Waals surface area contributed by atoms with E-state index in [2.05, 4.69) is 32.1 Å². The van der Waals surface area contributed by atoms with E-state index in [1.807, 2.05) is 0 Å². The smallest absolute Gasteiger partial charge is 0.0621 e. The van der Waals surface area contributed by atoms with Crippen molar-refractivity contribution < 1.29 is 0 Å². The largest absolute Gasteiger partial charge is 0.198 e. The third-order valence-electron chi connectivity index (χ3n) is 1.22. The van der Waals surface area contributed by atoms with Gasteiger partial charge in [0.25, 0.3) is 0 Å². The molecule has 0 aliphatic carbocycles. The van der Waals surface area contributed by atoms with Gasteiger partial charge in [-0.1, -0.05) is 25.7 Å². The molecule has 0 aliphatic heterocycles. The van der Waals surface area contributed by atoms with Gasteiger partial charge in [0.2, 0.25) is 0 Å². The zero-order chi connectivity index (χ0) is 8.04. The van der Waals surface area contributed by atoms with Gasteiger partial charge in [0, 0.05) is 14.5 Å². The zero-order valence-electron chi connectivity index (χ0n) is 7.15. The van der Waals surface area contributed by atoms with Gasteiger partial charge in [0.05, 0.1) is 6.07 Å². The lowest BCUT2D eigenvalue weighted by Gasteiger charge is -2.13. The molecular formula is C8H16NSi. The van der Waals surface area contributed by atoms with Crippen molar-refractivity contribution in [2.45, 2.75) is 38.5 Å². The van der Waals surface area contributed by atoms with Crippen LogP contribution in [0.1, 0.15) is 12.8 Å². The summed E-state index contributed by atoms with van der Waals surface area (Å²) in [6.45, 7) is 7.03. The number of nitriles is 1. The van der Waals surface area contributed by atoms with Crippen LogP contribution in [-0.2, 0) is 0 Å². The van der Waals surface area contributed by atoms with E-state index < -0.39 is 8.07 Å². The SMILES string of the molecule is C[Si](C)(C)C[CH]CCC#N. The Morgan fingerprint density at radius 2 is 2.00 bits per heavy atom. The van der Waals surface area contributed by atoms with Gasteiger partial charge in [0.1, 0.15) is 0 Å². The van der Waals surface area contributed by atoms with E-state index in [1.165, 1.54) is 6.04 Å². The molecule has 0 spiro atoms. The van der Waals surface area contributed by atoms with Crippen LogP contribution < -0.4 is 0 Å². The monoisotopic (exact) mass is 154 g/mol. The van der Waals surface area contributed by atoms with Gasteiger partial charge in [-0.15, -0.1) is 0 Å². The maximum absolute atomic E-state index is 8.24. The summed E-state index contributed by atoms with van der Waals surface area (Å²) in [5, 5.41) is 8.24. The molecule has 10 heavy (non-hydrogen) atoms. The lowest BCUT2D eigenvalue weighted by atomic mass is 10.3. The Hall–Kier alpha value is -0.293. The minimum Gasteiger partial charge on any atom is -0.198 e. The van der Waals surface area contributed by atoms with Crippen LogP contribution >= 0.6 is 0 Å². The number of rotatable bonds is 4. The first-order valence-electron chi connectivity index (χ1n) is 3.75. The van der Waals surface area contributed by atoms with Crippen LogP contribution in [-0.4, -0.2) is 8.07 Å². The first-order valence-corrected chi connectivity index (χ1v) is 7.45. The molecule has 0 amide bonds. The van der Waals surface area contributed by atoms with Gasteiger partial charge in [-0.2, -0.15) is 5.26 Å². The van der Waals surface area contributed by atoms with E-state index in [0.29, 0.717) is 6.42 Å². The molecule has 57 valence electrons. The highest BCUT2D eigenvalue weighted by Crippen LogP contribution is 2.12. The van der Waals surface area contributed by atoms with Crippen molar-refractivity contribution >= 4 is 8.07 Å². The van der Waals surface area contributed by atoms with Crippen LogP contribution in [0.2, 0.25) is 25.7 Å². The molecule has 0 aromatic rings. The molecule has 0 N–H and O–H groups in total. The fourth-order valence-electron chi connectivity index (χ4n) is 0.702. The molecule has 0 bridgehead atoms. The first kappa shape index (κ1) is 9.71. The molecule has 2 heteroatoms. The second-order valence-corrected chi connectivity index (χ2v) is 9.28. The van der Waals surface area contributed by atoms with E-state index in [4.69, 9.17) is 5.26 Å². The Morgan fingerprint density at radius 1 is 1.40 bits per heavy atom. The Balaban J connectivity index is 3.14. The lowest BCUT2D eigenvalue weighted by molar-refractivity contribution is 0.973. The Morgan fingerprint density at radius 3 is 2.40 bits per heavy atom. The number of hydrogen-bond donors (Lipinski definition) is 0. The van der Waals surface area contributed by atoms with Gasteiger partial charge in [-0.25, -0.2) is 0 Å². The van der Waals surface area contributed by atoms with Crippen molar-refractivity contribution in [2.75, 3.05) is 0 Å². The van der Waals surface area contributed by atoms with E-state index in [9.17, 15) is 0 Å². The van der Waals surface area contributed by atoms with E-state index in [0.717, 1.165) is 6.42 Å². The van der Waals surface area contributed by atoms with E-state index in [-0.39, 0.29) is 0 Å². The van der Waals surface area contributed by atoms with Crippen molar-refractivity contribution in [1.82, 2.24) is 0 Å². The van der Waals surface area contributed by atoms with Crippen LogP contribution in [0.25, 0.3) is 0 Å². The molecule has 0 aromatic heterocycles. The summed E-state index contributed by atoms with van der Waals surface area (Å²) in [5.74, 6) is 0. The average Bonchev–Trinajstić information content (AvgIpc) is 1.78. The first-order chi connectivity index (χ1) is 4.56. The van der Waals surface area contributed by atoms with Gasteiger partial charge in [-0.3, -0.25) is 0 Å². The molecule has 0 unspecified atom stereocenters. The zero-order valence-corrected chi connectivity index (χ0v) is 8.15. The molecule has 0 aliphatic rings. The van der Waals surface area contributed by atoms with Gasteiger partial charge >= 0.3 is 0 Å². The lowest BCUT2D eigenvalue weighted by Crippen LogP contribution is -2.18. The second-order valence-electron chi connectivity index (χ2n) is 3.75. The van der Waals surface area contributed by atoms with Crippen LogP contribution in [0.4, 0.5) is 0 Å². The predicted molar refractivity (Wildman–Crippen MR) is 47.3 cm³/mol. The summed E-state index contributed by atoms with van der Waals surface area (Å²) < 4.78 is 0. The predicted octanol–water partition coefficient (Wildman–Crippen LogP) is 2.83. The summed E-state index contributed by atoms with van der Waals surface area (Å²) in [6.07, 6.45) is 3.92. The highest BCUT2D eigenvalue weighted by molar-refractivity contribution is 6.76. The molecule has 0 saturated heterocycles. The molecule has 0 saturated carbocycles. The molecule has 1 nitrogen and oxygen atoms in total. The Bertz CT molecular complexity index is 118. The maximum atomic E-state index is 8.24. The summed E-state index contributed by atoms with van der Waals surface area (Å²) in [4.78, 5) is 0. The minimum atomic E-state index is -0.872. The molecule has 0 atom stereocenters. The van der Waals surface area contributed by atoms with Crippen LogP contribution in [0.3, 0.4) is 0 Å². The molecule has 0 fully saturated rings. The summed E-state index contributed by atoms with van der Waals surface area (Å²) >= 11 is 0. The Labute approximate surface area is 65.1 Å². The van der Waals surface area contributed by atoms with Gasteiger partial charge in [-0.05, 0) is 12.8 Å². The standard InChI is InChI=1S/C8H16NSi/c1-10(2,3)8-6-4-5-7-9/h6H,4-5,8H2,1-3H3. The second kappa shape index (κ2) is 4.51. The number of hydrogen-bond acceptors (Lipinski definition) is 1. The topological polar surface area (TPSA) is 23.8 Å².